The van der Waals surface area contributed by atoms with Gasteiger partial charge in [0.15, 0.2) is 0 Å². The second-order valence-corrected chi connectivity index (χ2v) is 7.80. The Morgan fingerprint density at radius 1 is 1.21 bits per heavy atom. The number of benzene rings is 1. The van der Waals surface area contributed by atoms with Crippen molar-refractivity contribution in [3.05, 3.63) is 29.8 Å². The summed E-state index contributed by atoms with van der Waals surface area (Å²) in [6.45, 7) is 5.88. The van der Waals surface area contributed by atoms with Gasteiger partial charge in [0, 0.05) is 10.9 Å². The molecule has 0 unspecified atom stereocenters. The van der Waals surface area contributed by atoms with Crippen molar-refractivity contribution in [2.75, 3.05) is 5.33 Å². The van der Waals surface area contributed by atoms with E-state index in [9.17, 15) is 8.42 Å². The summed E-state index contributed by atoms with van der Waals surface area (Å²) in [5.41, 5.74) is 0.714. The van der Waals surface area contributed by atoms with Crippen molar-refractivity contribution >= 4 is 26.0 Å². The highest BCUT2D eigenvalue weighted by molar-refractivity contribution is 9.09. The molecule has 0 radical (unpaired) electrons. The summed E-state index contributed by atoms with van der Waals surface area (Å²) in [4.78, 5) is 0.329. The van der Waals surface area contributed by atoms with Gasteiger partial charge in [-0.25, -0.2) is 13.1 Å². The van der Waals surface area contributed by atoms with Gasteiger partial charge in [0.1, 0.15) is 0 Å². The van der Waals surface area contributed by atoms with Crippen LogP contribution in [0.15, 0.2) is 29.2 Å². The first-order valence-corrected chi connectivity index (χ1v) is 9.10. The van der Waals surface area contributed by atoms with E-state index >= 15 is 0 Å². The van der Waals surface area contributed by atoms with E-state index in [2.05, 4.69) is 27.6 Å². The van der Waals surface area contributed by atoms with Crippen LogP contribution in [0.1, 0.15) is 39.2 Å². The van der Waals surface area contributed by atoms with Gasteiger partial charge in [-0.1, -0.05) is 41.4 Å². The first kappa shape index (κ1) is 16.7. The molecular weight excluding hydrogens is 326 g/mol. The predicted octanol–water partition coefficient (Wildman–Crippen LogP) is 3.48. The average molecular weight is 348 g/mol. The minimum absolute atomic E-state index is 0.329. The first-order chi connectivity index (χ1) is 8.80. The number of nitrogens with one attached hydrogen (secondary N) is 1. The van der Waals surface area contributed by atoms with Crippen LogP contribution in [-0.2, 0) is 16.4 Å². The molecule has 0 aromatic heterocycles. The zero-order valence-electron chi connectivity index (χ0n) is 11.7. The Hall–Kier alpha value is -0.390. The van der Waals surface area contributed by atoms with Gasteiger partial charge >= 0.3 is 0 Å². The normalized spacial score (nSPS) is 12.6. The molecule has 0 heterocycles. The zero-order chi connectivity index (χ0) is 14.5. The molecule has 0 amide bonds. The molecule has 0 aliphatic heterocycles. The lowest BCUT2D eigenvalue weighted by Gasteiger charge is -2.25. The molecule has 0 saturated heterocycles. The van der Waals surface area contributed by atoms with Crippen molar-refractivity contribution in [1.82, 2.24) is 4.72 Å². The van der Waals surface area contributed by atoms with Crippen LogP contribution in [0.4, 0.5) is 0 Å². The lowest BCUT2D eigenvalue weighted by Crippen LogP contribution is -2.43. The van der Waals surface area contributed by atoms with Crippen LogP contribution >= 0.6 is 15.9 Å². The Balaban J connectivity index is 2.88. The Bertz CT molecular complexity index is 495. The third kappa shape index (κ3) is 5.24. The zero-order valence-corrected chi connectivity index (χ0v) is 14.1. The van der Waals surface area contributed by atoms with Crippen LogP contribution in [0.2, 0.25) is 0 Å². The summed E-state index contributed by atoms with van der Waals surface area (Å²) < 4.78 is 27.3. The number of rotatable bonds is 7. The molecule has 3 nitrogen and oxygen atoms in total. The number of hydrogen-bond donors (Lipinski definition) is 1. The van der Waals surface area contributed by atoms with Crippen molar-refractivity contribution in [2.45, 2.75) is 50.5 Å². The average Bonchev–Trinajstić information content (AvgIpc) is 2.28. The van der Waals surface area contributed by atoms with E-state index in [0.717, 1.165) is 24.6 Å². The lowest BCUT2D eigenvalue weighted by molar-refractivity contribution is 0.443. The van der Waals surface area contributed by atoms with E-state index in [-0.39, 0.29) is 0 Å². The molecule has 0 bridgehead atoms. The number of alkyl halides is 1. The van der Waals surface area contributed by atoms with Crippen LogP contribution in [0, 0.1) is 0 Å². The fourth-order valence-corrected chi connectivity index (χ4v) is 4.27. The van der Waals surface area contributed by atoms with Gasteiger partial charge < -0.3 is 0 Å². The number of hydrogen-bond acceptors (Lipinski definition) is 2. The van der Waals surface area contributed by atoms with Crippen LogP contribution < -0.4 is 4.72 Å². The molecule has 5 heteroatoms. The van der Waals surface area contributed by atoms with Crippen LogP contribution in [0.5, 0.6) is 0 Å². The quantitative estimate of drug-likeness (QED) is 0.767. The molecular formula is C14H22BrNO2S. The van der Waals surface area contributed by atoms with Gasteiger partial charge in [0.25, 0.3) is 0 Å². The van der Waals surface area contributed by atoms with Gasteiger partial charge in [0.05, 0.1) is 4.90 Å². The molecule has 0 aliphatic rings. The maximum Gasteiger partial charge on any atom is 0.241 e. The summed E-state index contributed by atoms with van der Waals surface area (Å²) in [7, 11) is -3.44. The summed E-state index contributed by atoms with van der Waals surface area (Å²) in [5, 5.41) is 0.762. The SMILES string of the molecule is CCCc1ccc(S(=O)(=O)NC(C)(C)CCBr)cc1. The number of sulfonamides is 1. The second kappa shape index (κ2) is 6.86. The Kier molecular flexibility index (Phi) is 6.02. The maximum absolute atomic E-state index is 12.3. The van der Waals surface area contributed by atoms with E-state index in [0.29, 0.717) is 4.90 Å². The highest BCUT2D eigenvalue weighted by Crippen LogP contribution is 2.17. The molecule has 19 heavy (non-hydrogen) atoms. The van der Waals surface area contributed by atoms with Crippen molar-refractivity contribution in [3.63, 3.8) is 0 Å². The molecule has 0 fully saturated rings. The minimum Gasteiger partial charge on any atom is -0.207 e. The molecule has 1 N–H and O–H groups in total. The van der Waals surface area contributed by atoms with Crippen molar-refractivity contribution in [3.8, 4) is 0 Å². The topological polar surface area (TPSA) is 46.2 Å². The molecule has 0 saturated carbocycles. The Labute approximate surface area is 125 Å². The minimum atomic E-state index is -3.44. The standard InChI is InChI=1S/C14H22BrNO2S/c1-4-5-12-6-8-13(9-7-12)19(17,18)16-14(2,3)10-11-15/h6-9,16H,4-5,10-11H2,1-3H3. The Morgan fingerprint density at radius 2 is 1.79 bits per heavy atom. The first-order valence-electron chi connectivity index (χ1n) is 6.49. The highest BCUT2D eigenvalue weighted by atomic mass is 79.9. The summed E-state index contributed by atoms with van der Waals surface area (Å²) >= 11 is 3.34. The van der Waals surface area contributed by atoms with E-state index < -0.39 is 15.6 Å². The predicted molar refractivity (Wildman–Crippen MR) is 83.2 cm³/mol. The fourth-order valence-electron chi connectivity index (χ4n) is 1.83. The molecule has 0 spiro atoms. The number of halogens is 1. The summed E-state index contributed by atoms with van der Waals surface area (Å²) in [6, 6.07) is 7.13. The van der Waals surface area contributed by atoms with E-state index in [4.69, 9.17) is 0 Å². The summed E-state index contributed by atoms with van der Waals surface area (Å²) in [6.07, 6.45) is 2.77. The molecule has 1 aromatic rings. The van der Waals surface area contributed by atoms with Crippen LogP contribution in [-0.4, -0.2) is 19.3 Å². The van der Waals surface area contributed by atoms with E-state index in [1.807, 2.05) is 26.0 Å². The van der Waals surface area contributed by atoms with Gasteiger partial charge in [0.2, 0.25) is 10.0 Å². The van der Waals surface area contributed by atoms with Crippen molar-refractivity contribution in [1.29, 1.82) is 0 Å². The van der Waals surface area contributed by atoms with Crippen LogP contribution in [0.3, 0.4) is 0 Å². The van der Waals surface area contributed by atoms with Gasteiger partial charge in [-0.05, 0) is 44.4 Å². The third-order valence-electron chi connectivity index (χ3n) is 2.90. The second-order valence-electron chi connectivity index (χ2n) is 5.32. The molecule has 0 aliphatic carbocycles. The fraction of sp³-hybridized carbons (Fsp3) is 0.571. The van der Waals surface area contributed by atoms with Gasteiger partial charge in [-0.3, -0.25) is 0 Å². The largest absolute Gasteiger partial charge is 0.241 e. The lowest BCUT2D eigenvalue weighted by atomic mass is 10.0. The highest BCUT2D eigenvalue weighted by Gasteiger charge is 2.25. The molecule has 1 aromatic carbocycles. The van der Waals surface area contributed by atoms with Crippen molar-refractivity contribution < 1.29 is 8.42 Å². The number of aryl methyl sites for hydroxylation is 1. The summed E-state index contributed by atoms with van der Waals surface area (Å²) in [5.74, 6) is 0. The monoisotopic (exact) mass is 347 g/mol. The smallest absolute Gasteiger partial charge is 0.207 e. The molecule has 0 atom stereocenters. The van der Waals surface area contributed by atoms with Crippen LogP contribution in [0.25, 0.3) is 0 Å². The molecule has 108 valence electrons. The van der Waals surface area contributed by atoms with E-state index in [1.54, 1.807) is 12.1 Å². The van der Waals surface area contributed by atoms with E-state index in [1.165, 1.54) is 5.56 Å². The van der Waals surface area contributed by atoms with Gasteiger partial charge in [-0.15, -0.1) is 0 Å². The molecule has 1 rings (SSSR count). The van der Waals surface area contributed by atoms with Gasteiger partial charge in [-0.2, -0.15) is 0 Å². The third-order valence-corrected chi connectivity index (χ3v) is 5.01. The Morgan fingerprint density at radius 3 is 2.26 bits per heavy atom. The van der Waals surface area contributed by atoms with Crippen molar-refractivity contribution in [2.24, 2.45) is 0 Å². The maximum atomic E-state index is 12.3.